The first-order valence-electron chi connectivity index (χ1n) is 7.34. The average Bonchev–Trinajstić information content (AvgIpc) is 2.45. The number of nitro groups is 1. The van der Waals surface area contributed by atoms with E-state index in [0.29, 0.717) is 11.7 Å². The quantitative estimate of drug-likeness (QED) is 0.591. The third-order valence-corrected chi connectivity index (χ3v) is 4.38. The highest BCUT2D eigenvalue weighted by atomic mass is 16.6. The van der Waals surface area contributed by atoms with Crippen LogP contribution in [0.2, 0.25) is 0 Å². The van der Waals surface area contributed by atoms with Crippen molar-refractivity contribution in [2.45, 2.75) is 40.0 Å². The van der Waals surface area contributed by atoms with Gasteiger partial charge < -0.3 is 4.74 Å². The number of nitrogens with zero attached hydrogens (tertiary/aromatic N) is 1. The molecule has 4 nitrogen and oxygen atoms in total. The second-order valence-electron chi connectivity index (χ2n) is 6.71. The van der Waals surface area contributed by atoms with Crippen molar-refractivity contribution in [3.8, 4) is 5.75 Å². The second kappa shape index (κ2) is 5.88. The van der Waals surface area contributed by atoms with Crippen LogP contribution in [-0.4, -0.2) is 12.0 Å². The number of rotatable bonds is 3. The van der Waals surface area contributed by atoms with E-state index in [2.05, 4.69) is 26.8 Å². The fourth-order valence-corrected chi connectivity index (χ4v) is 2.93. The smallest absolute Gasteiger partial charge is 0.280 e. The number of allylic oxidation sites excluding steroid dienone is 2. The van der Waals surface area contributed by atoms with Gasteiger partial charge in [-0.05, 0) is 48.3 Å². The van der Waals surface area contributed by atoms with Crippen molar-refractivity contribution < 1.29 is 9.66 Å². The molecule has 1 aliphatic rings. The van der Waals surface area contributed by atoms with Crippen LogP contribution in [0.5, 0.6) is 5.75 Å². The molecule has 0 amide bonds. The lowest BCUT2D eigenvalue weighted by Crippen LogP contribution is -2.22. The molecule has 1 aromatic carbocycles. The Morgan fingerprint density at radius 1 is 1.33 bits per heavy atom. The van der Waals surface area contributed by atoms with Gasteiger partial charge in [0.25, 0.3) is 5.69 Å². The van der Waals surface area contributed by atoms with Crippen molar-refractivity contribution in [2.24, 2.45) is 11.3 Å². The summed E-state index contributed by atoms with van der Waals surface area (Å²) in [5.41, 5.74) is 2.24. The topological polar surface area (TPSA) is 52.4 Å². The Hall–Kier alpha value is -1.84. The number of hydrogen-bond acceptors (Lipinski definition) is 3. The van der Waals surface area contributed by atoms with Crippen LogP contribution < -0.4 is 4.74 Å². The lowest BCUT2D eigenvalue weighted by molar-refractivity contribution is -0.385. The highest BCUT2D eigenvalue weighted by Gasteiger charge is 2.28. The molecule has 0 spiro atoms. The molecule has 0 aromatic heterocycles. The summed E-state index contributed by atoms with van der Waals surface area (Å²) in [7, 11) is 1.52. The second-order valence-corrected chi connectivity index (χ2v) is 6.71. The van der Waals surface area contributed by atoms with E-state index in [9.17, 15) is 10.1 Å². The van der Waals surface area contributed by atoms with E-state index in [-0.39, 0.29) is 16.0 Å². The summed E-state index contributed by atoms with van der Waals surface area (Å²) in [6, 6.07) is 5.10. The normalized spacial score (nSPS) is 19.0. The molecule has 0 heterocycles. The highest BCUT2D eigenvalue weighted by molar-refractivity contribution is 5.74. The summed E-state index contributed by atoms with van der Waals surface area (Å²) in [4.78, 5) is 11.0. The van der Waals surface area contributed by atoms with Gasteiger partial charge in [0.15, 0.2) is 0 Å². The van der Waals surface area contributed by atoms with Gasteiger partial charge in [0.05, 0.1) is 23.7 Å². The third kappa shape index (κ3) is 3.43. The molecule has 2 rings (SSSR count). The largest absolute Gasteiger partial charge is 0.497 e. The van der Waals surface area contributed by atoms with Crippen LogP contribution in [0, 0.1) is 21.4 Å². The maximum Gasteiger partial charge on any atom is 0.280 e. The highest BCUT2D eigenvalue weighted by Crippen LogP contribution is 2.41. The molecular weight excluding hydrogens is 266 g/mol. The van der Waals surface area contributed by atoms with E-state index in [0.717, 1.165) is 30.4 Å². The molecular formula is C17H23NO3. The first-order chi connectivity index (χ1) is 9.82. The zero-order valence-corrected chi connectivity index (χ0v) is 13.2. The lowest BCUT2D eigenvalue weighted by atomic mass is 9.72. The predicted octanol–water partition coefficient (Wildman–Crippen LogP) is 4.83. The Balaban J connectivity index is 2.31. The number of nitro benzene ring substituents is 1. The summed E-state index contributed by atoms with van der Waals surface area (Å²) < 4.78 is 5.09. The molecule has 0 radical (unpaired) electrons. The summed E-state index contributed by atoms with van der Waals surface area (Å²) >= 11 is 0. The summed E-state index contributed by atoms with van der Waals surface area (Å²) in [6.45, 7) is 6.77. The molecule has 4 heteroatoms. The van der Waals surface area contributed by atoms with Crippen LogP contribution in [0.3, 0.4) is 0 Å². The van der Waals surface area contributed by atoms with Crippen molar-refractivity contribution in [1.82, 2.24) is 0 Å². The maximum atomic E-state index is 11.3. The van der Waals surface area contributed by atoms with Crippen molar-refractivity contribution in [3.63, 3.8) is 0 Å². The molecule has 1 unspecified atom stereocenters. The molecule has 0 fully saturated rings. The van der Waals surface area contributed by atoms with Crippen molar-refractivity contribution in [3.05, 3.63) is 40.0 Å². The summed E-state index contributed by atoms with van der Waals surface area (Å²) in [5.74, 6) is 1.16. The summed E-state index contributed by atoms with van der Waals surface area (Å²) in [6.07, 6.45) is 5.14. The Labute approximate surface area is 126 Å². The fraction of sp³-hybridized carbons (Fsp3) is 0.529. The monoisotopic (exact) mass is 289 g/mol. The van der Waals surface area contributed by atoms with E-state index in [4.69, 9.17) is 4.74 Å². The van der Waals surface area contributed by atoms with Gasteiger partial charge in [-0.2, -0.15) is 0 Å². The van der Waals surface area contributed by atoms with Gasteiger partial charge in [-0.3, -0.25) is 10.1 Å². The minimum atomic E-state index is -0.325. The SMILES string of the molecule is COc1ccc(C2=CCC(C(C)(C)C)CC2)c([N+](=O)[O-])c1. The first-order valence-corrected chi connectivity index (χ1v) is 7.34. The molecule has 0 saturated heterocycles. The number of methoxy groups -OCH3 is 1. The van der Waals surface area contributed by atoms with Crippen molar-refractivity contribution in [1.29, 1.82) is 0 Å². The average molecular weight is 289 g/mol. The van der Waals surface area contributed by atoms with E-state index in [1.54, 1.807) is 12.1 Å². The first kappa shape index (κ1) is 15.5. The van der Waals surface area contributed by atoms with Gasteiger partial charge in [0, 0.05) is 0 Å². The van der Waals surface area contributed by atoms with E-state index >= 15 is 0 Å². The fourth-order valence-electron chi connectivity index (χ4n) is 2.93. The van der Waals surface area contributed by atoms with E-state index in [1.165, 1.54) is 13.2 Å². The molecule has 114 valence electrons. The van der Waals surface area contributed by atoms with Gasteiger partial charge in [-0.1, -0.05) is 26.8 Å². The number of benzene rings is 1. The molecule has 0 N–H and O–H groups in total. The Bertz CT molecular complexity index is 570. The molecule has 0 bridgehead atoms. The molecule has 21 heavy (non-hydrogen) atoms. The minimum absolute atomic E-state index is 0.134. The van der Waals surface area contributed by atoms with Crippen molar-refractivity contribution in [2.75, 3.05) is 7.11 Å². The van der Waals surface area contributed by atoms with E-state index in [1.807, 2.05) is 0 Å². The summed E-state index contributed by atoms with van der Waals surface area (Å²) in [5, 5.41) is 11.3. The maximum absolute atomic E-state index is 11.3. The molecule has 1 aromatic rings. The minimum Gasteiger partial charge on any atom is -0.497 e. The lowest BCUT2D eigenvalue weighted by Gasteiger charge is -2.33. The van der Waals surface area contributed by atoms with Crippen LogP contribution in [0.1, 0.15) is 45.6 Å². The zero-order valence-electron chi connectivity index (χ0n) is 13.2. The Morgan fingerprint density at radius 3 is 2.52 bits per heavy atom. The van der Waals surface area contributed by atoms with Gasteiger partial charge in [0.2, 0.25) is 0 Å². The van der Waals surface area contributed by atoms with Gasteiger partial charge in [-0.25, -0.2) is 0 Å². The van der Waals surface area contributed by atoms with Gasteiger partial charge in [0.1, 0.15) is 5.75 Å². The molecule has 0 saturated carbocycles. The zero-order chi connectivity index (χ0) is 15.6. The van der Waals surface area contributed by atoms with Crippen LogP contribution in [0.15, 0.2) is 24.3 Å². The van der Waals surface area contributed by atoms with Crippen LogP contribution in [0.4, 0.5) is 5.69 Å². The predicted molar refractivity (Wildman–Crippen MR) is 84.4 cm³/mol. The van der Waals surface area contributed by atoms with Crippen LogP contribution in [-0.2, 0) is 0 Å². The van der Waals surface area contributed by atoms with Gasteiger partial charge in [-0.15, -0.1) is 0 Å². The molecule has 1 aliphatic carbocycles. The van der Waals surface area contributed by atoms with Crippen LogP contribution in [0.25, 0.3) is 5.57 Å². The third-order valence-electron chi connectivity index (χ3n) is 4.38. The van der Waals surface area contributed by atoms with E-state index < -0.39 is 0 Å². The van der Waals surface area contributed by atoms with Gasteiger partial charge >= 0.3 is 0 Å². The van der Waals surface area contributed by atoms with Crippen molar-refractivity contribution >= 4 is 11.3 Å². The van der Waals surface area contributed by atoms with Crippen LogP contribution >= 0.6 is 0 Å². The number of ether oxygens (including phenoxy) is 1. The molecule has 0 aliphatic heterocycles. The Kier molecular flexibility index (Phi) is 4.35. The Morgan fingerprint density at radius 2 is 2.05 bits per heavy atom. The standard InChI is InChI=1S/C17H23NO3/c1-17(2,3)13-7-5-12(6-8-13)15-10-9-14(21-4)11-16(15)18(19)20/h5,9-11,13H,6-8H2,1-4H3. The number of hydrogen-bond donors (Lipinski definition) is 0. The molecule has 1 atom stereocenters.